The molecule has 0 amide bonds. The molecule has 2 saturated carbocycles. The summed E-state index contributed by atoms with van der Waals surface area (Å²) in [5.74, 6) is 1.93. The summed E-state index contributed by atoms with van der Waals surface area (Å²) in [6.07, 6.45) is 10.3. The number of aliphatic carboxylic acids is 1. The molecular formula is C16H20N2O3. The van der Waals surface area contributed by atoms with Crippen molar-refractivity contribution < 1.29 is 14.4 Å². The molecule has 3 unspecified atom stereocenters. The van der Waals surface area contributed by atoms with Gasteiger partial charge in [-0.2, -0.15) is 4.98 Å². The van der Waals surface area contributed by atoms with Gasteiger partial charge in [-0.25, -0.2) is 0 Å². The number of hydrogen-bond donors (Lipinski definition) is 1. The molecule has 5 nitrogen and oxygen atoms in total. The Balaban J connectivity index is 1.56. The Hall–Kier alpha value is -1.65. The van der Waals surface area contributed by atoms with Gasteiger partial charge in [0.15, 0.2) is 5.82 Å². The van der Waals surface area contributed by atoms with Gasteiger partial charge in [-0.15, -0.1) is 0 Å². The zero-order chi connectivity index (χ0) is 14.4. The summed E-state index contributed by atoms with van der Waals surface area (Å²) in [5, 5.41) is 13.5. The minimum absolute atomic E-state index is 0.174. The van der Waals surface area contributed by atoms with Crippen LogP contribution in [0, 0.1) is 17.8 Å². The smallest absolute Gasteiger partial charge is 0.307 e. The Morgan fingerprint density at radius 2 is 2.05 bits per heavy atom. The summed E-state index contributed by atoms with van der Waals surface area (Å²) >= 11 is 0. The lowest BCUT2D eigenvalue weighted by Crippen LogP contribution is -2.23. The van der Waals surface area contributed by atoms with E-state index in [-0.39, 0.29) is 5.92 Å². The fraction of sp³-hybridized carbons (Fsp3) is 0.688. The molecule has 112 valence electrons. The number of carboxylic acids is 1. The first-order valence-corrected chi connectivity index (χ1v) is 7.93. The lowest BCUT2D eigenvalue weighted by atomic mass is 9.83. The molecule has 2 bridgehead atoms. The highest BCUT2D eigenvalue weighted by Gasteiger charge is 2.43. The molecule has 5 atom stereocenters. The van der Waals surface area contributed by atoms with Crippen LogP contribution in [-0.4, -0.2) is 21.2 Å². The molecule has 1 heterocycles. The fourth-order valence-electron chi connectivity index (χ4n) is 4.47. The van der Waals surface area contributed by atoms with Crippen LogP contribution in [0.5, 0.6) is 0 Å². The Morgan fingerprint density at radius 3 is 2.76 bits per heavy atom. The zero-order valence-corrected chi connectivity index (χ0v) is 11.9. The number of nitrogens with zero attached hydrogens (tertiary/aromatic N) is 2. The summed E-state index contributed by atoms with van der Waals surface area (Å²) in [6.45, 7) is 0. The predicted molar refractivity (Wildman–Crippen MR) is 74.7 cm³/mol. The molecule has 1 N–H and O–H groups in total. The summed E-state index contributed by atoms with van der Waals surface area (Å²) in [5.41, 5.74) is 0. The van der Waals surface area contributed by atoms with Crippen molar-refractivity contribution in [3.05, 3.63) is 23.9 Å². The average molecular weight is 288 g/mol. The third kappa shape index (κ3) is 2.19. The van der Waals surface area contributed by atoms with E-state index in [1.165, 1.54) is 25.7 Å². The van der Waals surface area contributed by atoms with Crippen molar-refractivity contribution in [2.45, 2.75) is 50.4 Å². The lowest BCUT2D eigenvalue weighted by Gasteiger charge is -2.21. The van der Waals surface area contributed by atoms with Crippen molar-refractivity contribution in [3.63, 3.8) is 0 Å². The molecule has 0 aromatic carbocycles. The number of aromatic nitrogens is 2. The van der Waals surface area contributed by atoms with Crippen molar-refractivity contribution in [1.29, 1.82) is 0 Å². The maximum absolute atomic E-state index is 11.4. The zero-order valence-electron chi connectivity index (χ0n) is 11.9. The second kappa shape index (κ2) is 4.97. The third-order valence-electron chi connectivity index (χ3n) is 5.59. The van der Waals surface area contributed by atoms with Gasteiger partial charge < -0.3 is 9.63 Å². The van der Waals surface area contributed by atoms with Crippen molar-refractivity contribution in [2.24, 2.45) is 17.8 Å². The van der Waals surface area contributed by atoms with E-state index in [0.29, 0.717) is 30.6 Å². The van der Waals surface area contributed by atoms with Crippen LogP contribution in [0.25, 0.3) is 0 Å². The summed E-state index contributed by atoms with van der Waals surface area (Å²) in [6, 6.07) is 0. The second-order valence-electron chi connectivity index (χ2n) is 6.77. The number of hydrogen-bond acceptors (Lipinski definition) is 4. The van der Waals surface area contributed by atoms with Gasteiger partial charge in [0.2, 0.25) is 5.89 Å². The molecule has 0 radical (unpaired) electrons. The van der Waals surface area contributed by atoms with Gasteiger partial charge in [-0.3, -0.25) is 4.79 Å². The number of rotatable bonds is 3. The van der Waals surface area contributed by atoms with Crippen LogP contribution in [-0.2, 0) is 4.79 Å². The fourth-order valence-corrected chi connectivity index (χ4v) is 4.47. The Kier molecular flexibility index (Phi) is 3.08. The van der Waals surface area contributed by atoms with Crippen LogP contribution in [0.2, 0.25) is 0 Å². The largest absolute Gasteiger partial charge is 0.481 e. The summed E-state index contributed by atoms with van der Waals surface area (Å²) < 4.78 is 5.45. The van der Waals surface area contributed by atoms with Crippen LogP contribution >= 0.6 is 0 Å². The lowest BCUT2D eigenvalue weighted by molar-refractivity contribution is -0.142. The monoisotopic (exact) mass is 288 g/mol. The second-order valence-corrected chi connectivity index (χ2v) is 6.77. The van der Waals surface area contributed by atoms with Crippen molar-refractivity contribution in [3.8, 4) is 0 Å². The molecule has 2 fully saturated rings. The number of fused-ring (bicyclic) bond motifs is 2. The maximum Gasteiger partial charge on any atom is 0.307 e. The molecule has 3 aliphatic rings. The minimum atomic E-state index is -0.774. The first kappa shape index (κ1) is 13.0. The molecule has 3 aliphatic carbocycles. The van der Waals surface area contributed by atoms with Crippen LogP contribution in [0.4, 0.5) is 0 Å². The molecule has 1 aromatic heterocycles. The van der Waals surface area contributed by atoms with Gasteiger partial charge in [0.05, 0.1) is 11.8 Å². The van der Waals surface area contributed by atoms with E-state index in [4.69, 9.17) is 4.52 Å². The van der Waals surface area contributed by atoms with Crippen LogP contribution in [0.1, 0.15) is 62.1 Å². The molecule has 5 heteroatoms. The highest BCUT2D eigenvalue weighted by atomic mass is 16.5. The van der Waals surface area contributed by atoms with Crippen molar-refractivity contribution >= 4 is 5.97 Å². The Bertz CT molecular complexity index is 580. The van der Waals surface area contributed by atoms with Crippen molar-refractivity contribution in [2.75, 3.05) is 0 Å². The normalized spacial score (nSPS) is 38.0. The van der Waals surface area contributed by atoms with Crippen molar-refractivity contribution in [1.82, 2.24) is 10.1 Å². The van der Waals surface area contributed by atoms with E-state index in [0.717, 1.165) is 11.7 Å². The van der Waals surface area contributed by atoms with Gasteiger partial charge in [0.1, 0.15) is 0 Å². The topological polar surface area (TPSA) is 76.2 Å². The van der Waals surface area contributed by atoms with E-state index in [9.17, 15) is 9.90 Å². The standard InChI is InChI=1S/C16H20N2O3/c19-16(20)12-4-2-1-3-11(12)15-17-14(18-21-15)13-8-9-5-6-10(13)7-9/h1-2,9-13H,3-8H2,(H,19,20)/t9?,10?,11-,12+,13?/m1/s1. The molecular weight excluding hydrogens is 268 g/mol. The van der Waals surface area contributed by atoms with Gasteiger partial charge in [0.25, 0.3) is 0 Å². The van der Waals surface area contributed by atoms with E-state index in [1.54, 1.807) is 0 Å². The highest BCUT2D eigenvalue weighted by Crippen LogP contribution is 2.52. The Labute approximate surface area is 123 Å². The first-order chi connectivity index (χ1) is 10.2. The Morgan fingerprint density at radius 1 is 1.19 bits per heavy atom. The molecule has 0 spiro atoms. The SMILES string of the molecule is O=C(O)[C@H]1CC=CC[C@H]1c1nc(C2CC3CCC2C3)no1. The molecule has 0 saturated heterocycles. The van der Waals surface area contributed by atoms with E-state index in [2.05, 4.69) is 10.1 Å². The highest BCUT2D eigenvalue weighted by molar-refractivity contribution is 5.71. The van der Waals surface area contributed by atoms with Gasteiger partial charge in [-0.1, -0.05) is 23.7 Å². The summed E-state index contributed by atoms with van der Waals surface area (Å²) in [7, 11) is 0. The van der Waals surface area contributed by atoms with Gasteiger partial charge in [-0.05, 0) is 43.9 Å². The van der Waals surface area contributed by atoms with E-state index >= 15 is 0 Å². The van der Waals surface area contributed by atoms with E-state index < -0.39 is 11.9 Å². The molecule has 21 heavy (non-hydrogen) atoms. The average Bonchev–Trinajstić information content (AvgIpc) is 3.23. The third-order valence-corrected chi connectivity index (χ3v) is 5.59. The predicted octanol–water partition coefficient (Wildman–Crippen LogP) is 3.11. The first-order valence-electron chi connectivity index (χ1n) is 7.93. The van der Waals surface area contributed by atoms with E-state index in [1.807, 2.05) is 12.2 Å². The maximum atomic E-state index is 11.4. The van der Waals surface area contributed by atoms with Crippen LogP contribution < -0.4 is 0 Å². The quantitative estimate of drug-likeness (QED) is 0.865. The summed E-state index contributed by atoms with van der Waals surface area (Å²) in [4.78, 5) is 16.0. The number of carboxylic acid groups (broad SMARTS) is 1. The van der Waals surface area contributed by atoms with Crippen LogP contribution in [0.15, 0.2) is 16.7 Å². The number of carbonyl (C=O) groups is 1. The van der Waals surface area contributed by atoms with Crippen LogP contribution in [0.3, 0.4) is 0 Å². The van der Waals surface area contributed by atoms with Gasteiger partial charge in [0, 0.05) is 5.92 Å². The molecule has 4 rings (SSSR count). The van der Waals surface area contributed by atoms with Gasteiger partial charge >= 0.3 is 5.97 Å². The molecule has 1 aromatic rings. The molecule has 0 aliphatic heterocycles. The number of allylic oxidation sites excluding steroid dienone is 2. The minimum Gasteiger partial charge on any atom is -0.481 e.